The van der Waals surface area contributed by atoms with Crippen molar-refractivity contribution >= 4 is 10.9 Å². The van der Waals surface area contributed by atoms with E-state index in [0.29, 0.717) is 22.5 Å². The lowest BCUT2D eigenvalue weighted by molar-refractivity contribution is 0.482. The first-order chi connectivity index (χ1) is 11.8. The summed E-state index contributed by atoms with van der Waals surface area (Å²) in [6.45, 7) is 0. The minimum Gasteiger partial charge on any atom is -0.457 e. The fourth-order valence-corrected chi connectivity index (χ4v) is 2.43. The Morgan fingerprint density at radius 2 is 1.42 bits per heavy atom. The van der Waals surface area contributed by atoms with E-state index in [0.717, 1.165) is 11.3 Å². The molecule has 0 aliphatic heterocycles. The predicted octanol–water partition coefficient (Wildman–Crippen LogP) is 4.65. The van der Waals surface area contributed by atoms with Gasteiger partial charge in [0.05, 0.1) is 10.9 Å². The quantitative estimate of drug-likeness (QED) is 0.552. The molecule has 1 aromatic heterocycles. The van der Waals surface area contributed by atoms with Gasteiger partial charge in [0.25, 0.3) is 0 Å². The summed E-state index contributed by atoms with van der Waals surface area (Å²) >= 11 is 0. The molecule has 24 heavy (non-hydrogen) atoms. The molecule has 0 bridgehead atoms. The molecule has 0 N–H and O–H groups in total. The zero-order valence-corrected chi connectivity index (χ0v) is 12.7. The molecule has 0 fully saturated rings. The number of hydrogen-bond donors (Lipinski definition) is 0. The van der Waals surface area contributed by atoms with Crippen LogP contribution in [0.15, 0.2) is 88.1 Å². The maximum Gasteiger partial charge on any atom is 0.347 e. The minimum atomic E-state index is -0.389. The highest BCUT2D eigenvalue weighted by Crippen LogP contribution is 2.25. The third kappa shape index (κ3) is 2.77. The lowest BCUT2D eigenvalue weighted by Gasteiger charge is -2.06. The molecule has 116 valence electrons. The van der Waals surface area contributed by atoms with Crippen molar-refractivity contribution in [3.8, 4) is 23.0 Å². The molecule has 0 aliphatic carbocycles. The molecule has 0 saturated heterocycles. The number of hydrogen-bond acceptors (Lipinski definition) is 4. The van der Waals surface area contributed by atoms with Crippen molar-refractivity contribution in [2.24, 2.45) is 0 Å². The van der Waals surface area contributed by atoms with Gasteiger partial charge in [0, 0.05) is 5.56 Å². The first kappa shape index (κ1) is 14.2. The zero-order valence-electron chi connectivity index (χ0n) is 12.7. The standard InChI is InChI=1S/C20H13NO3/c22-20-17-8-4-5-9-18(17)21-19(24-20)14-10-12-16(13-11-14)23-15-6-2-1-3-7-15/h1-13H. The zero-order chi connectivity index (χ0) is 16.4. The summed E-state index contributed by atoms with van der Waals surface area (Å²) in [5, 5.41) is 0.477. The van der Waals surface area contributed by atoms with Crippen LogP contribution < -0.4 is 10.4 Å². The maximum atomic E-state index is 12.0. The average Bonchev–Trinajstić information content (AvgIpc) is 2.63. The van der Waals surface area contributed by atoms with Crippen LogP contribution in [0.2, 0.25) is 0 Å². The van der Waals surface area contributed by atoms with Gasteiger partial charge in [0.1, 0.15) is 11.5 Å². The molecule has 0 amide bonds. The first-order valence-corrected chi connectivity index (χ1v) is 7.53. The summed E-state index contributed by atoms with van der Waals surface area (Å²) in [4.78, 5) is 16.5. The number of ether oxygens (including phenoxy) is 1. The van der Waals surface area contributed by atoms with Crippen molar-refractivity contribution in [2.75, 3.05) is 0 Å². The first-order valence-electron chi connectivity index (χ1n) is 7.53. The van der Waals surface area contributed by atoms with Gasteiger partial charge < -0.3 is 9.15 Å². The number of aromatic nitrogens is 1. The Morgan fingerprint density at radius 3 is 2.21 bits per heavy atom. The topological polar surface area (TPSA) is 52.3 Å². The number of fused-ring (bicyclic) bond motifs is 1. The van der Waals surface area contributed by atoms with Crippen LogP contribution in [0.5, 0.6) is 11.5 Å². The van der Waals surface area contributed by atoms with Gasteiger partial charge in [-0.1, -0.05) is 30.3 Å². The van der Waals surface area contributed by atoms with Crippen LogP contribution in [0.1, 0.15) is 0 Å². The molecular weight excluding hydrogens is 302 g/mol. The molecule has 0 aliphatic rings. The van der Waals surface area contributed by atoms with E-state index in [9.17, 15) is 4.79 Å². The lowest BCUT2D eigenvalue weighted by atomic mass is 10.2. The summed E-state index contributed by atoms with van der Waals surface area (Å²) in [6.07, 6.45) is 0. The monoisotopic (exact) mass is 315 g/mol. The van der Waals surface area contributed by atoms with Crippen molar-refractivity contribution in [2.45, 2.75) is 0 Å². The smallest absolute Gasteiger partial charge is 0.347 e. The fourth-order valence-electron chi connectivity index (χ4n) is 2.43. The van der Waals surface area contributed by atoms with Gasteiger partial charge in [-0.05, 0) is 48.5 Å². The highest BCUT2D eigenvalue weighted by atomic mass is 16.5. The Bertz CT molecular complexity index is 1040. The summed E-state index contributed by atoms with van der Waals surface area (Å²) in [6, 6.07) is 23.9. The van der Waals surface area contributed by atoms with E-state index in [-0.39, 0.29) is 5.63 Å². The molecule has 0 atom stereocenters. The van der Waals surface area contributed by atoms with Gasteiger partial charge in [0.2, 0.25) is 5.89 Å². The minimum absolute atomic E-state index is 0.296. The van der Waals surface area contributed by atoms with Crippen molar-refractivity contribution in [3.05, 3.63) is 89.3 Å². The van der Waals surface area contributed by atoms with Crippen molar-refractivity contribution in [1.29, 1.82) is 0 Å². The molecule has 4 rings (SSSR count). The Morgan fingerprint density at radius 1 is 0.750 bits per heavy atom. The number of benzene rings is 3. The van der Waals surface area contributed by atoms with Crippen molar-refractivity contribution in [1.82, 2.24) is 4.98 Å². The summed E-state index contributed by atoms with van der Waals surface area (Å²) < 4.78 is 11.1. The van der Waals surface area contributed by atoms with Crippen LogP contribution in [0.25, 0.3) is 22.4 Å². The Balaban J connectivity index is 1.67. The van der Waals surface area contributed by atoms with Crippen molar-refractivity contribution in [3.63, 3.8) is 0 Å². The highest BCUT2D eigenvalue weighted by Gasteiger charge is 2.08. The van der Waals surface area contributed by atoms with Crippen LogP contribution in [0.3, 0.4) is 0 Å². The van der Waals surface area contributed by atoms with E-state index in [1.54, 1.807) is 18.2 Å². The molecule has 0 unspecified atom stereocenters. The van der Waals surface area contributed by atoms with Crippen LogP contribution in [-0.2, 0) is 0 Å². The van der Waals surface area contributed by atoms with E-state index < -0.39 is 0 Å². The third-order valence-electron chi connectivity index (χ3n) is 3.62. The van der Waals surface area contributed by atoms with Crippen molar-refractivity contribution < 1.29 is 9.15 Å². The highest BCUT2D eigenvalue weighted by molar-refractivity contribution is 5.78. The molecular formula is C20H13NO3. The number of nitrogens with zero attached hydrogens (tertiary/aromatic N) is 1. The van der Waals surface area contributed by atoms with E-state index in [1.165, 1.54) is 0 Å². The molecule has 4 aromatic rings. The van der Waals surface area contributed by atoms with E-state index in [4.69, 9.17) is 9.15 Å². The second kappa shape index (κ2) is 6.01. The van der Waals surface area contributed by atoms with E-state index >= 15 is 0 Å². The van der Waals surface area contributed by atoms with Gasteiger partial charge in [-0.3, -0.25) is 0 Å². The molecule has 0 radical (unpaired) electrons. The predicted molar refractivity (Wildman–Crippen MR) is 92.2 cm³/mol. The van der Waals surface area contributed by atoms with E-state index in [1.807, 2.05) is 60.7 Å². The third-order valence-corrected chi connectivity index (χ3v) is 3.62. The Kier molecular flexibility index (Phi) is 3.56. The molecule has 4 heteroatoms. The summed E-state index contributed by atoms with van der Waals surface area (Å²) in [5.74, 6) is 1.76. The summed E-state index contributed by atoms with van der Waals surface area (Å²) in [7, 11) is 0. The average molecular weight is 315 g/mol. The number of para-hydroxylation sites is 2. The normalized spacial score (nSPS) is 10.7. The van der Waals surface area contributed by atoms with E-state index in [2.05, 4.69) is 4.98 Å². The Labute approximate surface area is 138 Å². The van der Waals surface area contributed by atoms with Gasteiger partial charge in [-0.25, -0.2) is 9.78 Å². The van der Waals surface area contributed by atoms with Crippen LogP contribution in [0, 0.1) is 0 Å². The molecule has 0 saturated carbocycles. The summed E-state index contributed by atoms with van der Waals surface area (Å²) in [5.41, 5.74) is 0.951. The Hall–Kier alpha value is -3.40. The second-order valence-corrected chi connectivity index (χ2v) is 5.26. The van der Waals surface area contributed by atoms with Gasteiger partial charge in [0.15, 0.2) is 0 Å². The molecule has 4 nitrogen and oxygen atoms in total. The van der Waals surface area contributed by atoms with Crippen LogP contribution >= 0.6 is 0 Å². The second-order valence-electron chi connectivity index (χ2n) is 5.26. The maximum absolute atomic E-state index is 12.0. The largest absolute Gasteiger partial charge is 0.457 e. The van der Waals surface area contributed by atoms with Crippen LogP contribution in [-0.4, -0.2) is 4.98 Å². The molecule has 3 aromatic carbocycles. The van der Waals surface area contributed by atoms with Gasteiger partial charge in [-0.15, -0.1) is 0 Å². The number of rotatable bonds is 3. The SMILES string of the molecule is O=c1oc(-c2ccc(Oc3ccccc3)cc2)nc2ccccc12. The lowest BCUT2D eigenvalue weighted by Crippen LogP contribution is -2.02. The van der Waals surface area contributed by atoms with Gasteiger partial charge in [-0.2, -0.15) is 0 Å². The molecule has 1 heterocycles. The fraction of sp³-hybridized carbons (Fsp3) is 0. The van der Waals surface area contributed by atoms with Crippen LogP contribution in [0.4, 0.5) is 0 Å². The van der Waals surface area contributed by atoms with Gasteiger partial charge >= 0.3 is 5.63 Å². The molecule has 0 spiro atoms.